The van der Waals surface area contributed by atoms with Gasteiger partial charge in [-0.3, -0.25) is 4.79 Å². The lowest BCUT2D eigenvalue weighted by atomic mass is 10.1. The number of hydrogen-bond acceptors (Lipinski definition) is 5. The number of carbonyl (C=O) groups is 2. The minimum atomic E-state index is -3.27. The van der Waals surface area contributed by atoms with Gasteiger partial charge in [-0.15, -0.1) is 0 Å². The van der Waals surface area contributed by atoms with E-state index in [0.29, 0.717) is 0 Å². The standard InChI is InChI=1S/C20H23NO6S/c1-4-28(25,26)16-8-5-14(6-9-16)12-21-19(22)15-7-10-18(27-13(2)3)17(11-15)20(23)24/h5-11,13H,4,12H2,1-3H3,(H,21,22)(H,23,24). The highest BCUT2D eigenvalue weighted by Gasteiger charge is 2.16. The highest BCUT2D eigenvalue weighted by molar-refractivity contribution is 7.91. The van der Waals surface area contributed by atoms with E-state index >= 15 is 0 Å². The maximum atomic E-state index is 12.4. The summed E-state index contributed by atoms with van der Waals surface area (Å²) in [5.41, 5.74) is 0.829. The molecule has 2 aromatic rings. The quantitative estimate of drug-likeness (QED) is 0.699. The molecule has 2 aromatic carbocycles. The molecule has 28 heavy (non-hydrogen) atoms. The van der Waals surface area contributed by atoms with E-state index in [-0.39, 0.29) is 40.2 Å². The van der Waals surface area contributed by atoms with E-state index < -0.39 is 21.7 Å². The summed E-state index contributed by atoms with van der Waals surface area (Å²) in [6.07, 6.45) is -0.197. The van der Waals surface area contributed by atoms with Crippen molar-refractivity contribution in [3.8, 4) is 5.75 Å². The average Bonchev–Trinajstić information content (AvgIpc) is 2.66. The third-order valence-electron chi connectivity index (χ3n) is 3.95. The van der Waals surface area contributed by atoms with Gasteiger partial charge in [-0.2, -0.15) is 0 Å². The molecule has 0 fully saturated rings. The molecule has 0 bridgehead atoms. The van der Waals surface area contributed by atoms with Crippen LogP contribution in [0.4, 0.5) is 0 Å². The van der Waals surface area contributed by atoms with E-state index in [1.807, 2.05) is 0 Å². The van der Waals surface area contributed by atoms with Crippen LogP contribution in [0, 0.1) is 0 Å². The Kier molecular flexibility index (Phi) is 6.80. The third-order valence-corrected chi connectivity index (χ3v) is 5.70. The van der Waals surface area contributed by atoms with E-state index in [1.165, 1.54) is 30.3 Å². The predicted octanol–water partition coefficient (Wildman–Crippen LogP) is 2.90. The molecular weight excluding hydrogens is 382 g/mol. The molecule has 0 atom stereocenters. The second-order valence-corrected chi connectivity index (χ2v) is 8.69. The van der Waals surface area contributed by atoms with Gasteiger partial charge in [0, 0.05) is 12.1 Å². The number of carboxylic acid groups (broad SMARTS) is 1. The van der Waals surface area contributed by atoms with Crippen molar-refractivity contribution in [2.24, 2.45) is 0 Å². The molecule has 150 valence electrons. The van der Waals surface area contributed by atoms with E-state index in [0.717, 1.165) is 5.56 Å². The van der Waals surface area contributed by atoms with Crippen molar-refractivity contribution >= 4 is 21.7 Å². The fraction of sp³-hybridized carbons (Fsp3) is 0.300. The predicted molar refractivity (Wildman–Crippen MR) is 105 cm³/mol. The Morgan fingerprint density at radius 3 is 2.29 bits per heavy atom. The zero-order valence-electron chi connectivity index (χ0n) is 15.9. The monoisotopic (exact) mass is 405 g/mol. The fourth-order valence-electron chi connectivity index (χ4n) is 2.46. The summed E-state index contributed by atoms with van der Waals surface area (Å²) in [5.74, 6) is -1.40. The fourth-order valence-corrected chi connectivity index (χ4v) is 3.34. The van der Waals surface area contributed by atoms with Crippen LogP contribution in [0.2, 0.25) is 0 Å². The molecule has 8 heteroatoms. The normalized spacial score (nSPS) is 11.3. The average molecular weight is 405 g/mol. The number of rotatable bonds is 8. The molecule has 1 amide bonds. The zero-order valence-corrected chi connectivity index (χ0v) is 16.7. The summed E-state index contributed by atoms with van der Waals surface area (Å²) in [7, 11) is -3.27. The van der Waals surface area contributed by atoms with Gasteiger partial charge in [0.2, 0.25) is 0 Å². The van der Waals surface area contributed by atoms with Crippen molar-refractivity contribution in [1.29, 1.82) is 0 Å². The Morgan fingerprint density at radius 2 is 1.75 bits per heavy atom. The molecule has 0 radical (unpaired) electrons. The smallest absolute Gasteiger partial charge is 0.339 e. The summed E-state index contributed by atoms with van der Waals surface area (Å²) < 4.78 is 29.1. The summed E-state index contributed by atoms with van der Waals surface area (Å²) >= 11 is 0. The molecule has 0 spiro atoms. The Labute approximate surface area is 164 Å². The maximum Gasteiger partial charge on any atom is 0.339 e. The highest BCUT2D eigenvalue weighted by Crippen LogP contribution is 2.22. The Morgan fingerprint density at radius 1 is 1.11 bits per heavy atom. The SMILES string of the molecule is CCS(=O)(=O)c1ccc(CNC(=O)c2ccc(OC(C)C)c(C(=O)O)c2)cc1. The number of carboxylic acids is 1. The Balaban J connectivity index is 2.11. The van der Waals surface area contributed by atoms with Crippen molar-refractivity contribution in [2.45, 2.75) is 38.3 Å². The van der Waals surface area contributed by atoms with Crippen LogP contribution < -0.4 is 10.1 Å². The van der Waals surface area contributed by atoms with E-state index in [2.05, 4.69) is 5.32 Å². The highest BCUT2D eigenvalue weighted by atomic mass is 32.2. The summed E-state index contributed by atoms with van der Waals surface area (Å²) in [6.45, 7) is 5.32. The number of hydrogen-bond donors (Lipinski definition) is 2. The first-order chi connectivity index (χ1) is 13.1. The second kappa shape index (κ2) is 8.88. The number of carbonyl (C=O) groups excluding carboxylic acids is 1. The molecule has 0 saturated carbocycles. The van der Waals surface area contributed by atoms with Gasteiger partial charge in [-0.25, -0.2) is 13.2 Å². The van der Waals surface area contributed by atoms with Crippen LogP contribution in [-0.2, 0) is 16.4 Å². The van der Waals surface area contributed by atoms with Gasteiger partial charge >= 0.3 is 5.97 Å². The lowest BCUT2D eigenvalue weighted by Crippen LogP contribution is -2.23. The number of sulfone groups is 1. The Bertz CT molecular complexity index is 965. The molecule has 0 heterocycles. The minimum absolute atomic E-state index is 0.0194. The maximum absolute atomic E-state index is 12.4. The van der Waals surface area contributed by atoms with Crippen molar-refractivity contribution in [3.63, 3.8) is 0 Å². The minimum Gasteiger partial charge on any atom is -0.490 e. The van der Waals surface area contributed by atoms with Crippen molar-refractivity contribution in [2.75, 3.05) is 5.75 Å². The topological polar surface area (TPSA) is 110 Å². The lowest BCUT2D eigenvalue weighted by Gasteiger charge is -2.13. The first-order valence-electron chi connectivity index (χ1n) is 8.78. The van der Waals surface area contributed by atoms with Crippen LogP contribution >= 0.6 is 0 Å². The summed E-state index contributed by atoms with van der Waals surface area (Å²) in [5, 5.41) is 12.0. The number of nitrogens with one attached hydrogen (secondary N) is 1. The van der Waals surface area contributed by atoms with Crippen molar-refractivity contribution in [3.05, 3.63) is 59.2 Å². The zero-order chi connectivity index (χ0) is 20.9. The molecule has 2 rings (SSSR count). The Hall–Kier alpha value is -2.87. The number of benzene rings is 2. The summed E-state index contributed by atoms with van der Waals surface area (Å²) in [4.78, 5) is 24.0. The van der Waals surface area contributed by atoms with Crippen molar-refractivity contribution < 1.29 is 27.9 Å². The summed E-state index contributed by atoms with van der Waals surface area (Å²) in [6, 6.07) is 10.5. The van der Waals surface area contributed by atoms with Gasteiger partial charge in [0.1, 0.15) is 11.3 Å². The third kappa shape index (κ3) is 5.32. The molecule has 0 aliphatic rings. The number of aromatic carboxylic acids is 1. The van der Waals surface area contributed by atoms with Gasteiger partial charge in [0.15, 0.2) is 9.84 Å². The van der Waals surface area contributed by atoms with Crippen LogP contribution in [0.15, 0.2) is 47.4 Å². The number of amides is 1. The van der Waals surface area contributed by atoms with Gasteiger partial charge < -0.3 is 15.2 Å². The van der Waals surface area contributed by atoms with Crippen molar-refractivity contribution in [1.82, 2.24) is 5.32 Å². The molecular formula is C20H23NO6S. The van der Waals surface area contributed by atoms with E-state index in [9.17, 15) is 23.1 Å². The van der Waals surface area contributed by atoms with Gasteiger partial charge in [-0.05, 0) is 49.7 Å². The molecule has 0 aromatic heterocycles. The molecule has 0 aliphatic heterocycles. The van der Waals surface area contributed by atoms with Crippen LogP contribution in [0.3, 0.4) is 0 Å². The largest absolute Gasteiger partial charge is 0.490 e. The lowest BCUT2D eigenvalue weighted by molar-refractivity contribution is 0.0690. The first kappa shape index (κ1) is 21.4. The van der Waals surface area contributed by atoms with Crippen LogP contribution in [0.5, 0.6) is 5.75 Å². The number of ether oxygens (including phenoxy) is 1. The van der Waals surface area contributed by atoms with E-state index in [1.54, 1.807) is 32.9 Å². The van der Waals surface area contributed by atoms with Gasteiger partial charge in [-0.1, -0.05) is 19.1 Å². The molecule has 0 saturated heterocycles. The van der Waals surface area contributed by atoms with Gasteiger partial charge in [0.25, 0.3) is 5.91 Å². The van der Waals surface area contributed by atoms with Crippen LogP contribution in [-0.4, -0.2) is 37.3 Å². The molecule has 7 nitrogen and oxygen atoms in total. The van der Waals surface area contributed by atoms with Crippen LogP contribution in [0.25, 0.3) is 0 Å². The van der Waals surface area contributed by atoms with Crippen LogP contribution in [0.1, 0.15) is 47.1 Å². The first-order valence-corrected chi connectivity index (χ1v) is 10.4. The molecule has 0 unspecified atom stereocenters. The van der Waals surface area contributed by atoms with E-state index in [4.69, 9.17) is 4.74 Å². The second-order valence-electron chi connectivity index (χ2n) is 6.41. The molecule has 0 aliphatic carbocycles. The van der Waals surface area contributed by atoms with Gasteiger partial charge in [0.05, 0.1) is 16.8 Å². The molecule has 2 N–H and O–H groups in total.